The fourth-order valence-electron chi connectivity index (χ4n) is 3.09. The fourth-order valence-corrected chi connectivity index (χ4v) is 3.09. The maximum Gasteiger partial charge on any atom is 0.379 e. The number of Topliss-reactive ketones (excluding diaryl/α,β-unsaturated/α-hetero) is 2. The van der Waals surface area contributed by atoms with Gasteiger partial charge in [-0.25, -0.2) is 4.79 Å². The van der Waals surface area contributed by atoms with Crippen LogP contribution in [0.5, 0.6) is 11.5 Å². The average molecular weight is 443 g/mol. The molecule has 0 aliphatic rings. The van der Waals surface area contributed by atoms with E-state index in [1.165, 1.54) is 19.1 Å². The van der Waals surface area contributed by atoms with E-state index >= 15 is 0 Å². The predicted octanol–water partition coefficient (Wildman–Crippen LogP) is 4.06. The minimum atomic E-state index is -0.900. The minimum absolute atomic E-state index is 0.00271. The number of esters is 1. The first-order valence-corrected chi connectivity index (χ1v) is 10.6. The highest BCUT2D eigenvalue weighted by Crippen LogP contribution is 2.24. The Kier molecular flexibility index (Phi) is 9.88. The molecule has 7 nitrogen and oxygen atoms in total. The van der Waals surface area contributed by atoms with Gasteiger partial charge in [0.2, 0.25) is 0 Å². The summed E-state index contributed by atoms with van der Waals surface area (Å²) in [6.07, 6.45) is 1.25. The molecular weight excluding hydrogens is 412 g/mol. The van der Waals surface area contributed by atoms with Crippen LogP contribution < -0.4 is 9.47 Å². The lowest BCUT2D eigenvalue weighted by molar-refractivity contribution is -0.137. The molecule has 0 radical (unpaired) electrons. The van der Waals surface area contributed by atoms with Crippen LogP contribution in [-0.4, -0.2) is 50.6 Å². The van der Waals surface area contributed by atoms with Gasteiger partial charge in [0.25, 0.3) is 5.78 Å². The maximum absolute atomic E-state index is 12.1. The summed E-state index contributed by atoms with van der Waals surface area (Å²) < 4.78 is 22.0. The van der Waals surface area contributed by atoms with Gasteiger partial charge in [0, 0.05) is 18.2 Å². The fraction of sp³-hybridized carbons (Fsp3) is 0.400. The lowest BCUT2D eigenvalue weighted by Gasteiger charge is -2.21. The van der Waals surface area contributed by atoms with E-state index in [0.29, 0.717) is 17.1 Å². The average Bonchev–Trinajstić information content (AvgIpc) is 2.78. The Balaban J connectivity index is 2.12. The molecule has 0 amide bonds. The number of hydrogen-bond donors (Lipinski definition) is 0. The van der Waals surface area contributed by atoms with Crippen molar-refractivity contribution < 1.29 is 33.3 Å². The molecule has 2 aromatic carbocycles. The molecule has 1 atom stereocenters. The number of carbonyl (C=O) groups is 3. The summed E-state index contributed by atoms with van der Waals surface area (Å²) in [5.41, 5.74) is 1.78. The van der Waals surface area contributed by atoms with Gasteiger partial charge in [0.15, 0.2) is 11.9 Å². The highest BCUT2D eigenvalue weighted by molar-refractivity contribution is 6.40. The van der Waals surface area contributed by atoms with Crippen LogP contribution in [0.2, 0.25) is 0 Å². The highest BCUT2D eigenvalue weighted by Gasteiger charge is 2.19. The molecule has 172 valence electrons. The summed E-state index contributed by atoms with van der Waals surface area (Å²) in [5.74, 6) is -0.526. The number of rotatable bonds is 13. The van der Waals surface area contributed by atoms with Crippen molar-refractivity contribution in [2.45, 2.75) is 39.7 Å². The molecule has 0 bridgehead atoms. The van der Waals surface area contributed by atoms with Gasteiger partial charge in [0.05, 0.1) is 13.2 Å². The molecule has 0 aliphatic carbocycles. The SMILES string of the molecule is CCCc1cc(C(C)=O)ccc1OC(COC)COc1cccc(C(=O)C(=O)OCC)c1. The van der Waals surface area contributed by atoms with Gasteiger partial charge in [-0.3, -0.25) is 9.59 Å². The minimum Gasteiger partial charge on any atom is -0.490 e. The first-order valence-electron chi connectivity index (χ1n) is 10.6. The molecule has 0 spiro atoms. The van der Waals surface area contributed by atoms with Crippen molar-refractivity contribution in [3.05, 3.63) is 59.2 Å². The number of carbonyl (C=O) groups excluding carboxylic acids is 3. The third-order valence-electron chi connectivity index (χ3n) is 4.63. The van der Waals surface area contributed by atoms with Gasteiger partial charge in [-0.05, 0) is 56.2 Å². The van der Waals surface area contributed by atoms with Gasteiger partial charge in [-0.15, -0.1) is 0 Å². The van der Waals surface area contributed by atoms with E-state index in [0.717, 1.165) is 18.4 Å². The predicted molar refractivity (Wildman–Crippen MR) is 120 cm³/mol. The number of ether oxygens (including phenoxy) is 4. The van der Waals surface area contributed by atoms with E-state index in [1.54, 1.807) is 38.3 Å². The molecular formula is C25H30O7. The van der Waals surface area contributed by atoms with Crippen LogP contribution in [0.15, 0.2) is 42.5 Å². The summed E-state index contributed by atoms with van der Waals surface area (Å²) in [6, 6.07) is 11.7. The number of methoxy groups -OCH3 is 1. The Morgan fingerprint density at radius 2 is 1.75 bits per heavy atom. The molecule has 0 saturated carbocycles. The third-order valence-corrected chi connectivity index (χ3v) is 4.63. The Bertz CT molecular complexity index is 936. The van der Waals surface area contributed by atoms with Crippen molar-refractivity contribution >= 4 is 17.5 Å². The second-order valence-electron chi connectivity index (χ2n) is 7.21. The standard InChI is InChI=1S/C25H30O7/c1-5-8-19-13-18(17(3)26)11-12-23(19)32-22(15-29-4)16-31-21-10-7-9-20(14-21)24(27)25(28)30-6-2/h7,9-14,22H,5-6,8,15-16H2,1-4H3. The lowest BCUT2D eigenvalue weighted by atomic mass is 10.0. The van der Waals surface area contributed by atoms with E-state index in [4.69, 9.17) is 18.9 Å². The normalized spacial score (nSPS) is 11.5. The monoisotopic (exact) mass is 442 g/mol. The van der Waals surface area contributed by atoms with Crippen molar-refractivity contribution in [3.8, 4) is 11.5 Å². The van der Waals surface area contributed by atoms with Crippen LogP contribution >= 0.6 is 0 Å². The van der Waals surface area contributed by atoms with E-state index in [-0.39, 0.29) is 31.2 Å². The summed E-state index contributed by atoms with van der Waals surface area (Å²) in [5, 5.41) is 0. The zero-order valence-electron chi connectivity index (χ0n) is 19.0. The number of hydrogen-bond acceptors (Lipinski definition) is 7. The first kappa shape index (κ1) is 25.1. The maximum atomic E-state index is 12.1. The van der Waals surface area contributed by atoms with Crippen molar-refractivity contribution in [1.29, 1.82) is 0 Å². The molecule has 0 N–H and O–H groups in total. The third kappa shape index (κ3) is 7.20. The van der Waals surface area contributed by atoms with Crippen LogP contribution in [-0.2, 0) is 20.7 Å². The van der Waals surface area contributed by atoms with E-state index < -0.39 is 17.9 Å². The number of aryl methyl sites for hydroxylation is 1. The van der Waals surface area contributed by atoms with Gasteiger partial charge < -0.3 is 18.9 Å². The zero-order valence-corrected chi connectivity index (χ0v) is 19.0. The highest BCUT2D eigenvalue weighted by atomic mass is 16.6. The Hall–Kier alpha value is -3.19. The molecule has 0 aromatic heterocycles. The second kappa shape index (κ2) is 12.6. The molecule has 0 fully saturated rings. The van der Waals surface area contributed by atoms with Crippen molar-refractivity contribution in [2.24, 2.45) is 0 Å². The van der Waals surface area contributed by atoms with Crippen molar-refractivity contribution in [2.75, 3.05) is 26.9 Å². The van der Waals surface area contributed by atoms with E-state index in [2.05, 4.69) is 6.92 Å². The van der Waals surface area contributed by atoms with E-state index in [1.807, 2.05) is 6.07 Å². The van der Waals surface area contributed by atoms with Gasteiger partial charge in [-0.2, -0.15) is 0 Å². The number of benzene rings is 2. The molecule has 7 heteroatoms. The largest absolute Gasteiger partial charge is 0.490 e. The molecule has 0 aliphatic heterocycles. The molecule has 0 heterocycles. The van der Waals surface area contributed by atoms with Crippen LogP contribution in [0, 0.1) is 0 Å². The van der Waals surface area contributed by atoms with Crippen molar-refractivity contribution in [3.63, 3.8) is 0 Å². The quantitative estimate of drug-likeness (QED) is 0.263. The van der Waals surface area contributed by atoms with Crippen LogP contribution in [0.4, 0.5) is 0 Å². The zero-order chi connectivity index (χ0) is 23.5. The van der Waals surface area contributed by atoms with Crippen LogP contribution in [0.25, 0.3) is 0 Å². The molecule has 32 heavy (non-hydrogen) atoms. The van der Waals surface area contributed by atoms with Crippen LogP contribution in [0.1, 0.15) is 53.5 Å². The van der Waals surface area contributed by atoms with Gasteiger partial charge >= 0.3 is 5.97 Å². The first-order chi connectivity index (χ1) is 15.4. The van der Waals surface area contributed by atoms with Gasteiger partial charge in [-0.1, -0.05) is 25.5 Å². The topological polar surface area (TPSA) is 88.1 Å². The van der Waals surface area contributed by atoms with E-state index in [9.17, 15) is 14.4 Å². The Morgan fingerprint density at radius 3 is 2.41 bits per heavy atom. The van der Waals surface area contributed by atoms with Crippen molar-refractivity contribution in [1.82, 2.24) is 0 Å². The molecule has 0 saturated heterocycles. The smallest absolute Gasteiger partial charge is 0.379 e. The Morgan fingerprint density at radius 1 is 0.969 bits per heavy atom. The number of ketones is 2. The van der Waals surface area contributed by atoms with Crippen LogP contribution in [0.3, 0.4) is 0 Å². The summed E-state index contributed by atoms with van der Waals surface area (Å²) in [7, 11) is 1.57. The molecule has 2 rings (SSSR count). The Labute approximate surface area is 188 Å². The summed E-state index contributed by atoms with van der Waals surface area (Å²) in [4.78, 5) is 35.6. The summed E-state index contributed by atoms with van der Waals surface area (Å²) in [6.45, 7) is 5.80. The second-order valence-corrected chi connectivity index (χ2v) is 7.21. The summed E-state index contributed by atoms with van der Waals surface area (Å²) >= 11 is 0. The molecule has 2 aromatic rings. The van der Waals surface area contributed by atoms with Gasteiger partial charge in [0.1, 0.15) is 18.1 Å². The molecule has 1 unspecified atom stereocenters. The lowest BCUT2D eigenvalue weighted by Crippen LogP contribution is -2.30.